The summed E-state index contributed by atoms with van der Waals surface area (Å²) >= 11 is 0. The van der Waals surface area contributed by atoms with Crippen LogP contribution >= 0.6 is 0 Å². The van der Waals surface area contributed by atoms with Crippen LogP contribution in [0.15, 0.2) is 11.6 Å². The summed E-state index contributed by atoms with van der Waals surface area (Å²) in [7, 11) is 0. The van der Waals surface area contributed by atoms with Crippen molar-refractivity contribution in [1.29, 1.82) is 0 Å². The molecule has 57 heavy (non-hydrogen) atoms. The van der Waals surface area contributed by atoms with Crippen molar-refractivity contribution >= 4 is 0 Å². The van der Waals surface area contributed by atoms with E-state index in [0.717, 1.165) is 83.2 Å². The van der Waals surface area contributed by atoms with Gasteiger partial charge in [-0.1, -0.05) is 114 Å². The van der Waals surface area contributed by atoms with Crippen LogP contribution < -0.4 is 0 Å². The zero-order valence-corrected chi connectivity index (χ0v) is 37.1. The summed E-state index contributed by atoms with van der Waals surface area (Å²) in [5.74, 6) is 10.7. The Labute approximate surface area is 352 Å². The lowest BCUT2D eigenvalue weighted by Crippen LogP contribution is -2.58. The molecule has 0 radical (unpaired) electrons. The van der Waals surface area contributed by atoms with Crippen LogP contribution in [-0.2, 0) is 4.74 Å². The van der Waals surface area contributed by atoms with Gasteiger partial charge in [0.05, 0.1) is 12.2 Å². The highest BCUT2D eigenvalue weighted by atomic mass is 16.5. The molecule has 0 aromatic rings. The van der Waals surface area contributed by atoms with E-state index in [1.165, 1.54) is 154 Å². The molecule has 10 fully saturated rings. The average Bonchev–Trinajstić information content (AvgIpc) is 3.82. The van der Waals surface area contributed by atoms with Crippen molar-refractivity contribution in [1.82, 2.24) is 4.90 Å². The Morgan fingerprint density at radius 3 is 1.93 bits per heavy atom. The molecule has 1 heterocycles. The summed E-state index contributed by atoms with van der Waals surface area (Å²) < 4.78 is 7.27. The lowest BCUT2D eigenvalue weighted by Gasteiger charge is -2.57. The fraction of sp³-hybridized carbons (Fsp3) is 0.964. The molecule has 10 aliphatic carbocycles. The third-order valence-electron chi connectivity index (χ3n) is 21.7. The predicted molar refractivity (Wildman–Crippen MR) is 237 cm³/mol. The molecule has 11 rings (SSSR count). The van der Waals surface area contributed by atoms with E-state index in [1.807, 2.05) is 0 Å². The highest BCUT2D eigenvalue weighted by Gasteiger charge is 2.65. The smallest absolute Gasteiger partial charge is 0.0641 e. The van der Waals surface area contributed by atoms with Gasteiger partial charge in [-0.15, -0.1) is 0 Å². The SMILES string of the molecule is C1=C(C2(C3CCCCC3)C3CCCCC3C3CCC(N(C4CCCC(C5CCC[C@H]6C7CCCCC7O[C@@H]56)C4)C4CCCCC4C4CCCCC4)CC32)CCCC1. The monoisotopic (exact) mass is 780 g/mol. The molecule has 11 aliphatic rings. The Hall–Kier alpha value is -0.340. The quantitative estimate of drug-likeness (QED) is 0.239. The zero-order chi connectivity index (χ0) is 37.8. The summed E-state index contributed by atoms with van der Waals surface area (Å²) in [5.41, 5.74) is 2.65. The van der Waals surface area contributed by atoms with E-state index in [-0.39, 0.29) is 0 Å². The number of rotatable bonds is 7. The maximum absolute atomic E-state index is 7.27. The van der Waals surface area contributed by atoms with E-state index in [2.05, 4.69) is 16.5 Å². The van der Waals surface area contributed by atoms with Crippen LogP contribution in [0.1, 0.15) is 231 Å². The van der Waals surface area contributed by atoms with Gasteiger partial charge in [0, 0.05) is 23.5 Å². The molecule has 1 saturated heterocycles. The van der Waals surface area contributed by atoms with Gasteiger partial charge >= 0.3 is 0 Å². The van der Waals surface area contributed by atoms with Gasteiger partial charge < -0.3 is 4.74 Å². The van der Waals surface area contributed by atoms with Crippen molar-refractivity contribution in [2.24, 2.45) is 70.5 Å². The third kappa shape index (κ3) is 7.16. The van der Waals surface area contributed by atoms with Crippen molar-refractivity contribution in [3.8, 4) is 0 Å². The zero-order valence-electron chi connectivity index (χ0n) is 37.1. The number of fused-ring (bicyclic) bond motifs is 6. The van der Waals surface area contributed by atoms with Gasteiger partial charge in [-0.25, -0.2) is 0 Å². The van der Waals surface area contributed by atoms with Gasteiger partial charge in [0.25, 0.3) is 0 Å². The van der Waals surface area contributed by atoms with Gasteiger partial charge in [0.15, 0.2) is 0 Å². The Kier molecular flexibility index (Phi) is 12.1. The molecule has 1 aliphatic heterocycles. The van der Waals surface area contributed by atoms with Crippen LogP contribution in [0.4, 0.5) is 0 Å². The molecule has 9 saturated carbocycles. The fourth-order valence-electron chi connectivity index (χ4n) is 19.9. The Morgan fingerprint density at radius 2 is 1.09 bits per heavy atom. The second-order valence-corrected chi connectivity index (χ2v) is 23.8. The Morgan fingerprint density at radius 1 is 0.439 bits per heavy atom. The highest BCUT2D eigenvalue weighted by Crippen LogP contribution is 2.71. The molecule has 0 aromatic carbocycles. The van der Waals surface area contributed by atoms with Crippen molar-refractivity contribution < 1.29 is 4.74 Å². The first-order valence-corrected chi connectivity index (χ1v) is 27.4. The average molecular weight is 780 g/mol. The first-order chi connectivity index (χ1) is 28.3. The lowest BCUT2D eigenvalue weighted by molar-refractivity contribution is -0.0765. The summed E-state index contributed by atoms with van der Waals surface area (Å²) in [6, 6.07) is 2.60. The Bertz CT molecular complexity index is 1360. The normalized spacial score (nSPS) is 48.8. The first-order valence-electron chi connectivity index (χ1n) is 27.4. The van der Waals surface area contributed by atoms with Crippen molar-refractivity contribution in [3.63, 3.8) is 0 Å². The number of allylic oxidation sites excluding steroid dienone is 2. The van der Waals surface area contributed by atoms with Crippen LogP contribution in [0.25, 0.3) is 0 Å². The maximum atomic E-state index is 7.27. The topological polar surface area (TPSA) is 12.5 Å². The molecule has 2 heteroatoms. The second kappa shape index (κ2) is 17.4. The van der Waals surface area contributed by atoms with Crippen LogP contribution in [-0.4, -0.2) is 35.2 Å². The van der Waals surface area contributed by atoms with E-state index < -0.39 is 0 Å². The minimum atomic E-state index is 0.569. The van der Waals surface area contributed by atoms with Crippen LogP contribution in [0.2, 0.25) is 0 Å². The minimum absolute atomic E-state index is 0.569. The second-order valence-electron chi connectivity index (χ2n) is 23.8. The molecular formula is C55H89NO. The summed E-state index contributed by atoms with van der Waals surface area (Å²) in [6.07, 6.45) is 58.9. The van der Waals surface area contributed by atoms with Gasteiger partial charge in [0.2, 0.25) is 0 Å². The highest BCUT2D eigenvalue weighted by molar-refractivity contribution is 5.28. The number of nitrogens with zero attached hydrogens (tertiary/aromatic N) is 1. The van der Waals surface area contributed by atoms with E-state index in [4.69, 9.17) is 4.74 Å². The molecule has 0 amide bonds. The van der Waals surface area contributed by atoms with E-state index in [0.29, 0.717) is 17.6 Å². The molecule has 0 bridgehead atoms. The van der Waals surface area contributed by atoms with E-state index >= 15 is 0 Å². The largest absolute Gasteiger partial charge is 0.374 e. The molecule has 0 N–H and O–H groups in total. The maximum Gasteiger partial charge on any atom is 0.0641 e. The minimum Gasteiger partial charge on any atom is -0.374 e. The molecule has 2 nitrogen and oxygen atoms in total. The molecule has 15 atom stereocenters. The predicted octanol–water partition coefficient (Wildman–Crippen LogP) is 15.0. The van der Waals surface area contributed by atoms with Crippen molar-refractivity contribution in [2.45, 2.75) is 261 Å². The van der Waals surface area contributed by atoms with Gasteiger partial charge in [-0.05, 0) is 194 Å². The van der Waals surface area contributed by atoms with Crippen LogP contribution in [0, 0.1) is 70.5 Å². The van der Waals surface area contributed by atoms with Gasteiger partial charge in [0.1, 0.15) is 0 Å². The summed E-state index contributed by atoms with van der Waals surface area (Å²) in [6.45, 7) is 0. The summed E-state index contributed by atoms with van der Waals surface area (Å²) in [5, 5.41) is 0. The third-order valence-corrected chi connectivity index (χ3v) is 21.7. The number of hydrogen-bond donors (Lipinski definition) is 0. The fourth-order valence-corrected chi connectivity index (χ4v) is 19.9. The summed E-state index contributed by atoms with van der Waals surface area (Å²) in [4.78, 5) is 3.55. The van der Waals surface area contributed by atoms with Crippen LogP contribution in [0.3, 0.4) is 0 Å². The van der Waals surface area contributed by atoms with Gasteiger partial charge in [-0.2, -0.15) is 0 Å². The first kappa shape index (κ1) is 39.5. The van der Waals surface area contributed by atoms with Crippen LogP contribution in [0.5, 0.6) is 0 Å². The molecule has 0 aromatic heterocycles. The standard InChI is InChI=1S/C55H89NO/c1-4-18-38(19-5-1)44-26-11-14-32-52(44)56(42-25-16-20-39(36-42)45-29-17-30-49-48-28-12-15-33-53(48)57-54(45)49)43-34-35-47-46-27-10-13-31-50(46)55(51(47)37-43,40-21-6-2-7-22-40)41-23-8-3-9-24-41/h21,38-39,41-54H,1-20,22-37H2/t39?,42?,43?,44?,45?,46?,47?,48?,49-,50?,51?,52?,53?,54-,55?/m0/s1. The van der Waals surface area contributed by atoms with Crippen molar-refractivity contribution in [2.75, 3.05) is 0 Å². The van der Waals surface area contributed by atoms with E-state index in [1.54, 1.807) is 77.0 Å². The molecule has 320 valence electrons. The Balaban J connectivity index is 0.940. The molecule has 0 spiro atoms. The van der Waals surface area contributed by atoms with Gasteiger partial charge in [-0.3, -0.25) is 4.90 Å². The molecular weight excluding hydrogens is 691 g/mol. The van der Waals surface area contributed by atoms with E-state index in [9.17, 15) is 0 Å². The number of ether oxygens (including phenoxy) is 1. The number of hydrogen-bond acceptors (Lipinski definition) is 2. The lowest BCUT2D eigenvalue weighted by atomic mass is 9.51. The van der Waals surface area contributed by atoms with Crippen molar-refractivity contribution in [3.05, 3.63) is 11.6 Å². The molecule has 13 unspecified atom stereocenters.